The van der Waals surface area contributed by atoms with E-state index in [0.717, 1.165) is 0 Å². The van der Waals surface area contributed by atoms with Gasteiger partial charge in [0.05, 0.1) is 17.7 Å². The van der Waals surface area contributed by atoms with Crippen molar-refractivity contribution < 1.29 is 9.53 Å². The fourth-order valence-corrected chi connectivity index (χ4v) is 2.23. The fraction of sp³-hybridized carbons (Fsp3) is 0.545. The minimum absolute atomic E-state index is 0.0185. The molecule has 0 spiro atoms. The standard InChI is InChI=1S/C11H14BrClN4O2/c1-7(11(18)17-2-4-19-5-3-17)16-10-8(12)9(13)14-6-15-10/h6-7H,2-5H2,1H3,(H,14,15,16). The van der Waals surface area contributed by atoms with Gasteiger partial charge in [0.15, 0.2) is 0 Å². The molecule has 1 saturated heterocycles. The van der Waals surface area contributed by atoms with Gasteiger partial charge in [-0.2, -0.15) is 0 Å². The second-order valence-electron chi connectivity index (χ2n) is 4.13. The SMILES string of the molecule is CC(Nc1ncnc(Cl)c1Br)C(=O)N1CCOCC1. The van der Waals surface area contributed by atoms with Crippen LogP contribution in [-0.2, 0) is 9.53 Å². The molecule has 2 heterocycles. The minimum atomic E-state index is -0.389. The van der Waals surface area contributed by atoms with Gasteiger partial charge in [0.25, 0.3) is 0 Å². The second-order valence-corrected chi connectivity index (χ2v) is 5.28. The van der Waals surface area contributed by atoms with Gasteiger partial charge in [-0.1, -0.05) is 11.6 Å². The van der Waals surface area contributed by atoms with E-state index in [1.165, 1.54) is 6.33 Å². The van der Waals surface area contributed by atoms with Gasteiger partial charge in [-0.15, -0.1) is 0 Å². The van der Waals surface area contributed by atoms with Crippen molar-refractivity contribution in [2.75, 3.05) is 31.6 Å². The Hall–Kier alpha value is -0.920. The van der Waals surface area contributed by atoms with Crippen LogP contribution in [0.1, 0.15) is 6.92 Å². The van der Waals surface area contributed by atoms with E-state index < -0.39 is 0 Å². The number of rotatable bonds is 3. The van der Waals surface area contributed by atoms with Gasteiger partial charge >= 0.3 is 0 Å². The number of nitrogens with one attached hydrogen (secondary N) is 1. The molecule has 0 aliphatic carbocycles. The van der Waals surface area contributed by atoms with Crippen molar-refractivity contribution in [2.24, 2.45) is 0 Å². The summed E-state index contributed by atoms with van der Waals surface area (Å²) >= 11 is 9.17. The Morgan fingerprint density at radius 3 is 2.89 bits per heavy atom. The molecule has 1 unspecified atom stereocenters. The van der Waals surface area contributed by atoms with Crippen molar-refractivity contribution in [3.63, 3.8) is 0 Å². The number of halogens is 2. The van der Waals surface area contributed by atoms with E-state index in [9.17, 15) is 4.79 Å². The van der Waals surface area contributed by atoms with Crippen LogP contribution in [0.3, 0.4) is 0 Å². The van der Waals surface area contributed by atoms with Crippen LogP contribution in [0.25, 0.3) is 0 Å². The Morgan fingerprint density at radius 2 is 2.21 bits per heavy atom. The Bertz CT molecular complexity index is 468. The number of nitrogens with zero attached hydrogens (tertiary/aromatic N) is 3. The Kier molecular flexibility index (Phi) is 4.95. The van der Waals surface area contributed by atoms with E-state index in [0.29, 0.717) is 41.7 Å². The maximum Gasteiger partial charge on any atom is 0.244 e. The molecule has 2 rings (SSSR count). The average Bonchev–Trinajstić information content (AvgIpc) is 2.44. The molecule has 1 N–H and O–H groups in total. The summed E-state index contributed by atoms with van der Waals surface area (Å²) in [6, 6.07) is -0.389. The molecular weight excluding hydrogens is 336 g/mol. The summed E-state index contributed by atoms with van der Waals surface area (Å²) in [4.78, 5) is 21.9. The summed E-state index contributed by atoms with van der Waals surface area (Å²) in [6.07, 6.45) is 1.35. The van der Waals surface area contributed by atoms with Gasteiger partial charge < -0.3 is 15.0 Å². The van der Waals surface area contributed by atoms with E-state index in [1.807, 2.05) is 0 Å². The van der Waals surface area contributed by atoms with Crippen molar-refractivity contribution in [1.29, 1.82) is 0 Å². The lowest BCUT2D eigenvalue weighted by Gasteiger charge is -2.29. The summed E-state index contributed by atoms with van der Waals surface area (Å²) in [5, 5.41) is 3.34. The van der Waals surface area contributed by atoms with E-state index >= 15 is 0 Å². The predicted octanol–water partition coefficient (Wildman–Crippen LogP) is 1.55. The number of amides is 1. The zero-order valence-electron chi connectivity index (χ0n) is 10.4. The number of carbonyl (C=O) groups excluding carboxylic acids is 1. The summed E-state index contributed by atoms with van der Waals surface area (Å²) in [5.41, 5.74) is 0. The summed E-state index contributed by atoms with van der Waals surface area (Å²) in [5.74, 6) is 0.527. The van der Waals surface area contributed by atoms with Crippen LogP contribution in [0.4, 0.5) is 5.82 Å². The second kappa shape index (κ2) is 6.49. The third kappa shape index (κ3) is 3.55. The minimum Gasteiger partial charge on any atom is -0.378 e. The molecule has 1 aromatic rings. The first-order chi connectivity index (χ1) is 9.09. The van der Waals surface area contributed by atoms with Crippen LogP contribution < -0.4 is 5.32 Å². The Balaban J connectivity index is 2.01. The maximum atomic E-state index is 12.2. The topological polar surface area (TPSA) is 67.4 Å². The van der Waals surface area contributed by atoms with Crippen LogP contribution >= 0.6 is 27.5 Å². The predicted molar refractivity (Wildman–Crippen MR) is 75.2 cm³/mol. The van der Waals surface area contributed by atoms with Crippen molar-refractivity contribution >= 4 is 39.3 Å². The number of aromatic nitrogens is 2. The highest BCUT2D eigenvalue weighted by Gasteiger charge is 2.23. The largest absolute Gasteiger partial charge is 0.378 e. The van der Waals surface area contributed by atoms with Crippen LogP contribution in [-0.4, -0.2) is 53.1 Å². The summed E-state index contributed by atoms with van der Waals surface area (Å²) in [6.45, 7) is 4.20. The molecule has 0 bridgehead atoms. The summed E-state index contributed by atoms with van der Waals surface area (Å²) < 4.78 is 5.78. The van der Waals surface area contributed by atoms with Crippen molar-refractivity contribution in [3.05, 3.63) is 16.0 Å². The smallest absolute Gasteiger partial charge is 0.244 e. The number of carbonyl (C=O) groups is 1. The lowest BCUT2D eigenvalue weighted by atomic mass is 10.2. The number of ether oxygens (including phenoxy) is 1. The highest BCUT2D eigenvalue weighted by Crippen LogP contribution is 2.26. The zero-order chi connectivity index (χ0) is 13.8. The van der Waals surface area contributed by atoms with E-state index in [4.69, 9.17) is 16.3 Å². The van der Waals surface area contributed by atoms with Crippen LogP contribution in [0.5, 0.6) is 0 Å². The molecule has 104 valence electrons. The Labute approximate surface area is 124 Å². The molecule has 1 aliphatic heterocycles. The van der Waals surface area contributed by atoms with Crippen molar-refractivity contribution in [1.82, 2.24) is 14.9 Å². The highest BCUT2D eigenvalue weighted by molar-refractivity contribution is 9.10. The Morgan fingerprint density at radius 1 is 1.53 bits per heavy atom. The molecular formula is C11H14BrClN4O2. The first-order valence-electron chi connectivity index (χ1n) is 5.88. The first kappa shape index (κ1) is 14.5. The normalized spacial score (nSPS) is 17.1. The molecule has 1 amide bonds. The van der Waals surface area contributed by atoms with E-state index in [-0.39, 0.29) is 11.9 Å². The molecule has 6 nitrogen and oxygen atoms in total. The average molecular weight is 350 g/mol. The van der Waals surface area contributed by atoms with Gasteiger partial charge in [-0.05, 0) is 22.9 Å². The van der Waals surface area contributed by atoms with Gasteiger partial charge in [0.2, 0.25) is 5.91 Å². The molecule has 8 heteroatoms. The van der Waals surface area contributed by atoms with Crippen molar-refractivity contribution in [2.45, 2.75) is 13.0 Å². The third-order valence-electron chi connectivity index (χ3n) is 2.79. The molecule has 0 saturated carbocycles. The van der Waals surface area contributed by atoms with Crippen molar-refractivity contribution in [3.8, 4) is 0 Å². The quantitative estimate of drug-likeness (QED) is 0.839. The molecule has 1 fully saturated rings. The number of hydrogen-bond donors (Lipinski definition) is 1. The van der Waals surface area contributed by atoms with Gasteiger partial charge in [0.1, 0.15) is 23.3 Å². The van der Waals surface area contributed by atoms with Crippen LogP contribution in [0.15, 0.2) is 10.8 Å². The van der Waals surface area contributed by atoms with E-state index in [1.54, 1.807) is 11.8 Å². The molecule has 0 radical (unpaired) electrons. The van der Waals surface area contributed by atoms with E-state index in [2.05, 4.69) is 31.2 Å². The van der Waals surface area contributed by atoms with Crippen LogP contribution in [0, 0.1) is 0 Å². The zero-order valence-corrected chi connectivity index (χ0v) is 12.7. The maximum absolute atomic E-state index is 12.2. The van der Waals surface area contributed by atoms with Crippen LogP contribution in [0.2, 0.25) is 5.15 Å². The number of anilines is 1. The molecule has 1 atom stereocenters. The summed E-state index contributed by atoms with van der Waals surface area (Å²) in [7, 11) is 0. The molecule has 1 aromatic heterocycles. The number of morpholine rings is 1. The van der Waals surface area contributed by atoms with Gasteiger partial charge in [0, 0.05) is 13.1 Å². The first-order valence-corrected chi connectivity index (χ1v) is 7.05. The highest BCUT2D eigenvalue weighted by atomic mass is 79.9. The fourth-order valence-electron chi connectivity index (χ4n) is 1.77. The lowest BCUT2D eigenvalue weighted by molar-refractivity contribution is -0.135. The van der Waals surface area contributed by atoms with Gasteiger partial charge in [-0.3, -0.25) is 4.79 Å². The lowest BCUT2D eigenvalue weighted by Crippen LogP contribution is -2.47. The van der Waals surface area contributed by atoms with Gasteiger partial charge in [-0.25, -0.2) is 9.97 Å². The third-order valence-corrected chi connectivity index (χ3v) is 4.06. The monoisotopic (exact) mass is 348 g/mol. The molecule has 19 heavy (non-hydrogen) atoms. The number of hydrogen-bond acceptors (Lipinski definition) is 5. The molecule has 1 aliphatic rings. The molecule has 0 aromatic carbocycles.